The van der Waals surface area contributed by atoms with Gasteiger partial charge in [0.05, 0.1) is 32.9 Å². The minimum atomic E-state index is -0.448. The normalized spacial score (nSPS) is 10.6. The molecule has 38 heavy (non-hydrogen) atoms. The minimum absolute atomic E-state index is 0.000408. The predicted octanol–water partition coefficient (Wildman–Crippen LogP) is 6.46. The Bertz CT molecular complexity index is 1480. The number of imidazole rings is 1. The van der Waals surface area contributed by atoms with Crippen LogP contribution in [0.25, 0.3) is 0 Å². The second-order valence-corrected chi connectivity index (χ2v) is 9.61. The van der Waals surface area contributed by atoms with E-state index in [0.29, 0.717) is 52.5 Å². The molecule has 192 valence electrons. The van der Waals surface area contributed by atoms with Gasteiger partial charge in [0, 0.05) is 55.8 Å². The van der Waals surface area contributed by atoms with Crippen molar-refractivity contribution in [1.29, 1.82) is 5.26 Å². The van der Waals surface area contributed by atoms with Crippen molar-refractivity contribution >= 4 is 51.9 Å². The SMILES string of the molecule is N#Cc1ccc(Cn2cncc2CCN(Cc2cccc(Cl)c2Cl)C(=S)Nc2ccc([N+](=O)[O-])cc2)cc1. The third-order valence-corrected chi connectivity index (χ3v) is 7.10. The molecule has 4 aromatic rings. The van der Waals surface area contributed by atoms with Gasteiger partial charge in [0.2, 0.25) is 0 Å². The molecule has 0 amide bonds. The van der Waals surface area contributed by atoms with E-state index >= 15 is 0 Å². The van der Waals surface area contributed by atoms with Crippen molar-refractivity contribution in [3.8, 4) is 6.07 Å². The highest BCUT2D eigenvalue weighted by molar-refractivity contribution is 7.80. The summed E-state index contributed by atoms with van der Waals surface area (Å²) < 4.78 is 2.05. The van der Waals surface area contributed by atoms with E-state index in [1.165, 1.54) is 12.1 Å². The first-order chi connectivity index (χ1) is 18.3. The van der Waals surface area contributed by atoms with Crippen molar-refractivity contribution < 1.29 is 4.92 Å². The van der Waals surface area contributed by atoms with Gasteiger partial charge in [0.25, 0.3) is 5.69 Å². The second-order valence-electron chi connectivity index (χ2n) is 8.44. The highest BCUT2D eigenvalue weighted by Crippen LogP contribution is 2.27. The Balaban J connectivity index is 1.51. The van der Waals surface area contributed by atoms with Crippen LogP contribution in [0.3, 0.4) is 0 Å². The first kappa shape index (κ1) is 27.1. The van der Waals surface area contributed by atoms with Crippen molar-refractivity contribution in [1.82, 2.24) is 14.5 Å². The van der Waals surface area contributed by atoms with Crippen LogP contribution in [0.5, 0.6) is 0 Å². The Kier molecular flexibility index (Phi) is 8.92. The fourth-order valence-electron chi connectivity index (χ4n) is 3.83. The summed E-state index contributed by atoms with van der Waals surface area (Å²) in [6.07, 6.45) is 4.23. The van der Waals surface area contributed by atoms with Crippen LogP contribution in [0, 0.1) is 21.4 Å². The summed E-state index contributed by atoms with van der Waals surface area (Å²) in [5, 5.41) is 24.5. The van der Waals surface area contributed by atoms with Gasteiger partial charge in [0.15, 0.2) is 5.11 Å². The van der Waals surface area contributed by atoms with Crippen molar-refractivity contribution in [3.05, 3.63) is 122 Å². The van der Waals surface area contributed by atoms with Gasteiger partial charge in [-0.3, -0.25) is 10.1 Å². The standard InChI is InChI=1S/C27H22Cl2N6O2S/c28-25-3-1-2-21(26(25)29)17-33(27(38)32-22-8-10-23(11-9-22)35(36)37)13-12-24-15-31-18-34(24)16-20-6-4-19(14-30)5-7-20/h1-11,15,18H,12-13,16-17H2,(H,32,38). The molecule has 0 aliphatic heterocycles. The van der Waals surface area contributed by atoms with E-state index < -0.39 is 4.92 Å². The molecule has 4 rings (SSSR count). The van der Waals surface area contributed by atoms with Gasteiger partial charge in [-0.05, 0) is 53.7 Å². The van der Waals surface area contributed by atoms with E-state index in [4.69, 9.17) is 40.7 Å². The van der Waals surface area contributed by atoms with E-state index in [-0.39, 0.29) is 5.69 Å². The molecule has 8 nitrogen and oxygen atoms in total. The zero-order chi connectivity index (χ0) is 27.1. The van der Waals surface area contributed by atoms with Gasteiger partial charge < -0.3 is 14.8 Å². The van der Waals surface area contributed by atoms with E-state index in [9.17, 15) is 10.1 Å². The van der Waals surface area contributed by atoms with Crippen molar-refractivity contribution in [3.63, 3.8) is 0 Å². The topological polar surface area (TPSA) is 100 Å². The largest absolute Gasteiger partial charge is 0.344 e. The van der Waals surface area contributed by atoms with Crippen molar-refractivity contribution in [2.45, 2.75) is 19.5 Å². The molecule has 0 spiro atoms. The number of thiocarbonyl (C=S) groups is 1. The number of non-ortho nitro benzene ring substituents is 1. The summed E-state index contributed by atoms with van der Waals surface area (Å²) in [7, 11) is 0. The summed E-state index contributed by atoms with van der Waals surface area (Å²) in [6, 6.07) is 21.1. The van der Waals surface area contributed by atoms with E-state index in [0.717, 1.165) is 16.8 Å². The third-order valence-electron chi connectivity index (χ3n) is 5.88. The Morgan fingerprint density at radius 2 is 1.87 bits per heavy atom. The van der Waals surface area contributed by atoms with E-state index in [1.807, 2.05) is 35.4 Å². The lowest BCUT2D eigenvalue weighted by Crippen LogP contribution is -2.36. The van der Waals surface area contributed by atoms with Crippen LogP contribution in [-0.2, 0) is 19.5 Å². The molecule has 0 radical (unpaired) electrons. The smallest absolute Gasteiger partial charge is 0.269 e. The van der Waals surface area contributed by atoms with E-state index in [2.05, 4.69) is 20.9 Å². The van der Waals surface area contributed by atoms with Crippen LogP contribution in [0.1, 0.15) is 22.4 Å². The number of hydrogen-bond acceptors (Lipinski definition) is 5. The lowest BCUT2D eigenvalue weighted by Gasteiger charge is -2.27. The lowest BCUT2D eigenvalue weighted by atomic mass is 10.1. The van der Waals surface area contributed by atoms with Gasteiger partial charge >= 0.3 is 0 Å². The van der Waals surface area contributed by atoms with Crippen LogP contribution in [0.2, 0.25) is 10.0 Å². The van der Waals surface area contributed by atoms with Gasteiger partial charge in [-0.1, -0.05) is 47.5 Å². The molecule has 0 aliphatic rings. The quantitative estimate of drug-likeness (QED) is 0.141. The number of rotatable bonds is 9. The number of nitro benzene ring substituents is 1. The maximum atomic E-state index is 11.0. The predicted molar refractivity (Wildman–Crippen MR) is 152 cm³/mol. The number of benzene rings is 3. The maximum absolute atomic E-state index is 11.0. The highest BCUT2D eigenvalue weighted by Gasteiger charge is 2.16. The molecular weight excluding hydrogens is 543 g/mol. The number of aromatic nitrogens is 2. The summed E-state index contributed by atoms with van der Waals surface area (Å²) in [5.74, 6) is 0. The summed E-state index contributed by atoms with van der Waals surface area (Å²) >= 11 is 18.4. The van der Waals surface area contributed by atoms with Crippen LogP contribution < -0.4 is 5.32 Å². The highest BCUT2D eigenvalue weighted by atomic mass is 35.5. The number of nitrogens with one attached hydrogen (secondary N) is 1. The number of anilines is 1. The molecule has 1 heterocycles. The fourth-order valence-corrected chi connectivity index (χ4v) is 4.48. The molecule has 0 bridgehead atoms. The Labute approximate surface area is 235 Å². The first-order valence-corrected chi connectivity index (χ1v) is 12.7. The number of nitro groups is 1. The maximum Gasteiger partial charge on any atom is 0.269 e. The van der Waals surface area contributed by atoms with Crippen LogP contribution >= 0.6 is 35.4 Å². The molecule has 3 aromatic carbocycles. The molecule has 0 unspecified atom stereocenters. The second kappa shape index (κ2) is 12.5. The molecule has 0 aliphatic carbocycles. The van der Waals surface area contributed by atoms with Crippen molar-refractivity contribution in [2.75, 3.05) is 11.9 Å². The molecular formula is C27H22Cl2N6O2S. The molecule has 11 heteroatoms. The Hall–Kier alpha value is -3.97. The van der Waals surface area contributed by atoms with Gasteiger partial charge in [-0.25, -0.2) is 4.98 Å². The minimum Gasteiger partial charge on any atom is -0.344 e. The summed E-state index contributed by atoms with van der Waals surface area (Å²) in [6.45, 7) is 1.56. The first-order valence-electron chi connectivity index (χ1n) is 11.6. The van der Waals surface area contributed by atoms with Crippen LogP contribution in [-0.4, -0.2) is 31.0 Å². The van der Waals surface area contributed by atoms with Gasteiger partial charge in [-0.15, -0.1) is 0 Å². The molecule has 0 fully saturated rings. The number of nitrogens with zero attached hydrogens (tertiary/aromatic N) is 5. The molecule has 0 saturated carbocycles. The Morgan fingerprint density at radius 1 is 1.13 bits per heavy atom. The summed E-state index contributed by atoms with van der Waals surface area (Å²) in [4.78, 5) is 16.8. The average molecular weight is 565 g/mol. The van der Waals surface area contributed by atoms with Crippen molar-refractivity contribution in [2.24, 2.45) is 0 Å². The number of nitriles is 1. The lowest BCUT2D eigenvalue weighted by molar-refractivity contribution is -0.384. The number of halogens is 2. The summed E-state index contributed by atoms with van der Waals surface area (Å²) in [5.41, 5.74) is 4.13. The fraction of sp³-hybridized carbons (Fsp3) is 0.148. The monoisotopic (exact) mass is 564 g/mol. The van der Waals surface area contributed by atoms with Crippen LogP contribution in [0.4, 0.5) is 11.4 Å². The number of hydrogen-bond donors (Lipinski definition) is 1. The van der Waals surface area contributed by atoms with Crippen LogP contribution in [0.15, 0.2) is 79.3 Å². The zero-order valence-corrected chi connectivity index (χ0v) is 22.4. The van der Waals surface area contributed by atoms with Gasteiger partial charge in [0.1, 0.15) is 0 Å². The van der Waals surface area contributed by atoms with E-state index in [1.54, 1.807) is 36.7 Å². The zero-order valence-electron chi connectivity index (χ0n) is 20.1. The van der Waals surface area contributed by atoms with Gasteiger partial charge in [-0.2, -0.15) is 5.26 Å². The molecule has 1 N–H and O–H groups in total. The average Bonchev–Trinajstić information content (AvgIpc) is 3.36. The molecule has 0 saturated heterocycles. The Morgan fingerprint density at radius 3 is 2.55 bits per heavy atom. The molecule has 1 aromatic heterocycles. The third kappa shape index (κ3) is 6.86. The molecule has 0 atom stereocenters.